The average molecular weight is 272 g/mol. The average Bonchev–Trinajstić information content (AvgIpc) is 2.46. The molecule has 1 unspecified atom stereocenters. The van der Waals surface area contributed by atoms with Gasteiger partial charge in [0.1, 0.15) is 6.61 Å². The minimum Gasteiger partial charge on any atom is -0.476 e. The Labute approximate surface area is 121 Å². The zero-order chi connectivity index (χ0) is 14.4. The summed E-state index contributed by atoms with van der Waals surface area (Å²) < 4.78 is 5.88. The molecular formula is C17H24N2O. The molecule has 0 fully saturated rings. The van der Waals surface area contributed by atoms with E-state index in [9.17, 15) is 0 Å². The fourth-order valence-corrected chi connectivity index (χ4v) is 2.25. The molecule has 1 heterocycles. The number of rotatable bonds is 7. The predicted octanol–water partition coefficient (Wildman–Crippen LogP) is 3.73. The molecule has 0 aliphatic carbocycles. The summed E-state index contributed by atoms with van der Waals surface area (Å²) in [6.45, 7) is 2.91. The third kappa shape index (κ3) is 3.94. The fraction of sp³-hybridized carbons (Fsp3) is 0.471. The standard InChI is InChI=1S/C17H24N2O/c1-4-5-10-16(19(2)3)13-20-17-11-14-8-6-7-9-15(14)12-18-17/h6-9,11-12,16H,4-5,10,13H2,1-3H3. The number of nitrogens with zero attached hydrogens (tertiary/aromatic N) is 2. The lowest BCUT2D eigenvalue weighted by Crippen LogP contribution is -2.33. The summed E-state index contributed by atoms with van der Waals surface area (Å²) in [6, 6.07) is 10.7. The Morgan fingerprint density at radius 3 is 2.65 bits per heavy atom. The van der Waals surface area contributed by atoms with Crippen LogP contribution in [0.4, 0.5) is 0 Å². The molecule has 3 heteroatoms. The van der Waals surface area contributed by atoms with Gasteiger partial charge in [0.15, 0.2) is 0 Å². The zero-order valence-corrected chi connectivity index (χ0v) is 12.7. The van der Waals surface area contributed by atoms with Gasteiger partial charge in [0.2, 0.25) is 5.88 Å². The summed E-state index contributed by atoms with van der Waals surface area (Å²) in [6.07, 6.45) is 5.49. The maximum Gasteiger partial charge on any atom is 0.213 e. The van der Waals surface area contributed by atoms with Gasteiger partial charge in [-0.1, -0.05) is 44.0 Å². The second-order valence-corrected chi connectivity index (χ2v) is 5.44. The Balaban J connectivity index is 2.00. The van der Waals surface area contributed by atoms with E-state index in [0.717, 1.165) is 11.8 Å². The normalized spacial score (nSPS) is 12.8. The molecule has 1 atom stereocenters. The van der Waals surface area contributed by atoms with E-state index < -0.39 is 0 Å². The Hall–Kier alpha value is -1.61. The molecule has 0 N–H and O–H groups in total. The molecule has 108 valence electrons. The van der Waals surface area contributed by atoms with Gasteiger partial charge in [-0.3, -0.25) is 0 Å². The monoisotopic (exact) mass is 272 g/mol. The van der Waals surface area contributed by atoms with Crippen LogP contribution >= 0.6 is 0 Å². The van der Waals surface area contributed by atoms with Crippen molar-refractivity contribution in [3.05, 3.63) is 36.5 Å². The first-order valence-electron chi connectivity index (χ1n) is 7.34. The minimum absolute atomic E-state index is 0.447. The summed E-state index contributed by atoms with van der Waals surface area (Å²) in [7, 11) is 4.22. The highest BCUT2D eigenvalue weighted by molar-refractivity contribution is 5.82. The second kappa shape index (κ2) is 7.25. The SMILES string of the molecule is CCCCC(COc1cc2ccccc2cn1)N(C)C. The number of hydrogen-bond acceptors (Lipinski definition) is 3. The van der Waals surface area contributed by atoms with Crippen molar-refractivity contribution >= 4 is 10.8 Å². The summed E-state index contributed by atoms with van der Waals surface area (Å²) in [4.78, 5) is 6.61. The third-order valence-corrected chi connectivity index (χ3v) is 3.65. The molecule has 0 saturated carbocycles. The number of fused-ring (bicyclic) bond motifs is 1. The van der Waals surface area contributed by atoms with E-state index in [-0.39, 0.29) is 0 Å². The molecule has 2 rings (SSSR count). The Bertz CT molecular complexity index is 539. The maximum atomic E-state index is 5.88. The molecule has 0 radical (unpaired) electrons. The van der Waals surface area contributed by atoms with E-state index in [0.29, 0.717) is 18.5 Å². The number of ether oxygens (including phenoxy) is 1. The third-order valence-electron chi connectivity index (χ3n) is 3.65. The van der Waals surface area contributed by atoms with Gasteiger partial charge >= 0.3 is 0 Å². The van der Waals surface area contributed by atoms with Crippen LogP contribution in [0, 0.1) is 0 Å². The van der Waals surface area contributed by atoms with E-state index in [1.54, 1.807) is 0 Å². The van der Waals surface area contributed by atoms with Gasteiger partial charge in [0.25, 0.3) is 0 Å². The molecule has 0 aliphatic rings. The van der Waals surface area contributed by atoms with Crippen molar-refractivity contribution in [2.75, 3.05) is 20.7 Å². The minimum atomic E-state index is 0.447. The first kappa shape index (κ1) is 14.8. The van der Waals surface area contributed by atoms with Crippen molar-refractivity contribution in [2.24, 2.45) is 0 Å². The maximum absolute atomic E-state index is 5.88. The predicted molar refractivity (Wildman–Crippen MR) is 84.2 cm³/mol. The quantitative estimate of drug-likeness (QED) is 0.768. The molecule has 1 aromatic carbocycles. The van der Waals surface area contributed by atoms with Crippen LogP contribution in [-0.4, -0.2) is 36.6 Å². The van der Waals surface area contributed by atoms with E-state index in [2.05, 4.69) is 43.0 Å². The fourth-order valence-electron chi connectivity index (χ4n) is 2.25. The number of hydrogen-bond donors (Lipinski definition) is 0. The van der Waals surface area contributed by atoms with Gasteiger partial charge in [0, 0.05) is 23.7 Å². The first-order valence-corrected chi connectivity index (χ1v) is 7.34. The molecule has 0 saturated heterocycles. The lowest BCUT2D eigenvalue weighted by atomic mass is 10.1. The Kier molecular flexibility index (Phi) is 5.36. The zero-order valence-electron chi connectivity index (χ0n) is 12.7. The van der Waals surface area contributed by atoms with Crippen LogP contribution in [0.15, 0.2) is 36.5 Å². The molecule has 0 spiro atoms. The van der Waals surface area contributed by atoms with E-state index >= 15 is 0 Å². The van der Waals surface area contributed by atoms with Crippen molar-refractivity contribution in [3.8, 4) is 5.88 Å². The van der Waals surface area contributed by atoms with Gasteiger partial charge in [0.05, 0.1) is 0 Å². The number of unbranched alkanes of at least 4 members (excludes halogenated alkanes) is 1. The van der Waals surface area contributed by atoms with Crippen LogP contribution in [0.2, 0.25) is 0 Å². The van der Waals surface area contributed by atoms with Crippen molar-refractivity contribution in [1.82, 2.24) is 9.88 Å². The second-order valence-electron chi connectivity index (χ2n) is 5.44. The number of aromatic nitrogens is 1. The highest BCUT2D eigenvalue weighted by Crippen LogP contribution is 2.18. The smallest absolute Gasteiger partial charge is 0.213 e. The number of benzene rings is 1. The molecule has 0 aliphatic heterocycles. The molecule has 2 aromatic rings. The van der Waals surface area contributed by atoms with Crippen molar-refractivity contribution < 1.29 is 4.74 Å². The van der Waals surface area contributed by atoms with Crippen LogP contribution < -0.4 is 4.74 Å². The molecule has 0 bridgehead atoms. The summed E-state index contributed by atoms with van der Waals surface area (Å²) in [5.74, 6) is 0.715. The summed E-state index contributed by atoms with van der Waals surface area (Å²) in [5, 5.41) is 2.32. The van der Waals surface area contributed by atoms with Gasteiger partial charge in [-0.15, -0.1) is 0 Å². The van der Waals surface area contributed by atoms with Crippen molar-refractivity contribution in [1.29, 1.82) is 0 Å². The number of likely N-dealkylation sites (N-methyl/N-ethyl adjacent to an activating group) is 1. The van der Waals surface area contributed by atoms with Gasteiger partial charge in [-0.2, -0.15) is 0 Å². The number of pyridine rings is 1. The van der Waals surface area contributed by atoms with Crippen LogP contribution in [0.1, 0.15) is 26.2 Å². The van der Waals surface area contributed by atoms with E-state index in [1.165, 1.54) is 18.2 Å². The van der Waals surface area contributed by atoms with Gasteiger partial charge in [-0.05, 0) is 25.9 Å². The molecule has 20 heavy (non-hydrogen) atoms. The van der Waals surface area contributed by atoms with Crippen molar-refractivity contribution in [3.63, 3.8) is 0 Å². The topological polar surface area (TPSA) is 25.4 Å². The van der Waals surface area contributed by atoms with Crippen molar-refractivity contribution in [2.45, 2.75) is 32.2 Å². The van der Waals surface area contributed by atoms with Crippen LogP contribution in [0.3, 0.4) is 0 Å². The summed E-state index contributed by atoms with van der Waals surface area (Å²) in [5.41, 5.74) is 0. The summed E-state index contributed by atoms with van der Waals surface area (Å²) >= 11 is 0. The van der Waals surface area contributed by atoms with Gasteiger partial charge in [-0.25, -0.2) is 4.98 Å². The van der Waals surface area contributed by atoms with E-state index in [4.69, 9.17) is 4.74 Å². The molecule has 0 amide bonds. The lowest BCUT2D eigenvalue weighted by Gasteiger charge is -2.24. The Morgan fingerprint density at radius 2 is 1.95 bits per heavy atom. The van der Waals surface area contributed by atoms with E-state index in [1.807, 2.05) is 24.4 Å². The Morgan fingerprint density at radius 1 is 1.20 bits per heavy atom. The van der Waals surface area contributed by atoms with Crippen LogP contribution in [-0.2, 0) is 0 Å². The lowest BCUT2D eigenvalue weighted by molar-refractivity contribution is 0.170. The van der Waals surface area contributed by atoms with Crippen LogP contribution in [0.5, 0.6) is 5.88 Å². The van der Waals surface area contributed by atoms with Crippen LogP contribution in [0.25, 0.3) is 10.8 Å². The highest BCUT2D eigenvalue weighted by Gasteiger charge is 2.12. The van der Waals surface area contributed by atoms with Gasteiger partial charge < -0.3 is 9.64 Å². The first-order chi connectivity index (χ1) is 9.70. The molecule has 3 nitrogen and oxygen atoms in total. The molecule has 1 aromatic heterocycles. The molecular weight excluding hydrogens is 248 g/mol. The highest BCUT2D eigenvalue weighted by atomic mass is 16.5. The largest absolute Gasteiger partial charge is 0.476 e.